The lowest BCUT2D eigenvalue weighted by molar-refractivity contribution is 0.288. The summed E-state index contributed by atoms with van der Waals surface area (Å²) in [6, 6.07) is 2.03. The van der Waals surface area contributed by atoms with Crippen LogP contribution in [0.15, 0.2) is 18.5 Å². The van der Waals surface area contributed by atoms with Crippen LogP contribution in [-0.2, 0) is 0 Å². The molecule has 114 valence electrons. The Morgan fingerprint density at radius 1 is 1.33 bits per heavy atom. The van der Waals surface area contributed by atoms with Gasteiger partial charge in [0.05, 0.1) is 0 Å². The van der Waals surface area contributed by atoms with Crippen LogP contribution in [0.5, 0.6) is 0 Å². The molecule has 8 nitrogen and oxygen atoms in total. The Morgan fingerprint density at radius 3 is 2.71 bits per heavy atom. The predicted molar refractivity (Wildman–Crippen MR) is 80.7 cm³/mol. The number of hydrogen-bond acceptors (Lipinski definition) is 7. The fourth-order valence-corrected chi connectivity index (χ4v) is 1.91. The first kappa shape index (κ1) is 15.2. The Morgan fingerprint density at radius 2 is 2.14 bits per heavy atom. The van der Waals surface area contributed by atoms with Crippen LogP contribution in [0, 0.1) is 0 Å². The highest BCUT2D eigenvalue weighted by Gasteiger charge is 2.16. The van der Waals surface area contributed by atoms with Crippen molar-refractivity contribution in [2.75, 3.05) is 30.4 Å². The zero-order valence-corrected chi connectivity index (χ0v) is 12.6. The van der Waals surface area contributed by atoms with E-state index < -0.39 is 0 Å². The maximum absolute atomic E-state index is 9.04. The fraction of sp³-hybridized carbons (Fsp3) is 0.538. The topological polar surface area (TPSA) is 92.0 Å². The molecule has 0 amide bonds. The molecule has 0 spiro atoms. The van der Waals surface area contributed by atoms with E-state index in [9.17, 15) is 0 Å². The van der Waals surface area contributed by atoms with E-state index in [0.29, 0.717) is 30.8 Å². The molecule has 0 radical (unpaired) electrons. The molecular formula is C13H21N7O. The van der Waals surface area contributed by atoms with Gasteiger partial charge >= 0.3 is 0 Å². The summed E-state index contributed by atoms with van der Waals surface area (Å²) in [5.74, 6) is 1.52. The van der Waals surface area contributed by atoms with Gasteiger partial charge in [0.1, 0.15) is 0 Å². The Labute approximate surface area is 123 Å². The molecule has 0 atom stereocenters. The summed E-state index contributed by atoms with van der Waals surface area (Å²) in [6.07, 6.45) is 4.12. The van der Waals surface area contributed by atoms with E-state index in [0.717, 1.165) is 0 Å². The van der Waals surface area contributed by atoms with Crippen molar-refractivity contribution in [3.63, 3.8) is 0 Å². The standard InChI is InChI=1S/C13H21N7O/c1-10(2)19(7-5-9-21)12-16-11(14-3)17-13(18-12)20-8-4-6-15-20/h4,6,8,10,21H,5,7,9H2,1-3H3,(H,14,16,17,18). The predicted octanol–water partition coefficient (Wildman–Crippen LogP) is 0.696. The van der Waals surface area contributed by atoms with E-state index in [-0.39, 0.29) is 12.6 Å². The number of hydrogen-bond donors (Lipinski definition) is 2. The highest BCUT2D eigenvalue weighted by Crippen LogP contribution is 2.15. The van der Waals surface area contributed by atoms with Gasteiger partial charge in [0.2, 0.25) is 11.9 Å². The number of anilines is 2. The molecule has 0 saturated carbocycles. The molecule has 8 heteroatoms. The van der Waals surface area contributed by atoms with Crippen molar-refractivity contribution in [3.05, 3.63) is 18.5 Å². The Hall–Kier alpha value is -2.22. The molecule has 0 aliphatic carbocycles. The summed E-state index contributed by atoms with van der Waals surface area (Å²) in [4.78, 5) is 15.2. The zero-order chi connectivity index (χ0) is 15.2. The SMILES string of the molecule is CNc1nc(N(CCCO)C(C)C)nc(-n2cccn2)n1. The van der Waals surface area contributed by atoms with Crippen molar-refractivity contribution < 1.29 is 5.11 Å². The second kappa shape index (κ2) is 6.98. The van der Waals surface area contributed by atoms with Crippen molar-refractivity contribution >= 4 is 11.9 Å². The minimum atomic E-state index is 0.138. The summed E-state index contributed by atoms with van der Waals surface area (Å²) >= 11 is 0. The normalized spacial score (nSPS) is 10.9. The molecule has 0 unspecified atom stereocenters. The molecule has 0 saturated heterocycles. The molecule has 0 aliphatic heterocycles. The average molecular weight is 291 g/mol. The van der Waals surface area contributed by atoms with Crippen LogP contribution in [-0.4, -0.2) is 56.1 Å². The van der Waals surface area contributed by atoms with E-state index in [4.69, 9.17) is 5.11 Å². The lowest BCUT2D eigenvalue weighted by Gasteiger charge is -2.26. The molecular weight excluding hydrogens is 270 g/mol. The van der Waals surface area contributed by atoms with Crippen LogP contribution < -0.4 is 10.2 Å². The molecule has 2 rings (SSSR count). The quantitative estimate of drug-likeness (QED) is 0.775. The molecule has 0 bridgehead atoms. The van der Waals surface area contributed by atoms with E-state index in [2.05, 4.69) is 39.2 Å². The van der Waals surface area contributed by atoms with E-state index in [1.807, 2.05) is 11.0 Å². The molecule has 0 aliphatic rings. The van der Waals surface area contributed by atoms with Crippen molar-refractivity contribution in [2.24, 2.45) is 0 Å². The van der Waals surface area contributed by atoms with E-state index in [1.165, 1.54) is 0 Å². The smallest absolute Gasteiger partial charge is 0.257 e. The molecule has 2 N–H and O–H groups in total. The van der Waals surface area contributed by atoms with Crippen LogP contribution in [0.3, 0.4) is 0 Å². The number of nitrogens with one attached hydrogen (secondary N) is 1. The highest BCUT2D eigenvalue weighted by molar-refractivity contribution is 5.40. The van der Waals surface area contributed by atoms with Gasteiger partial charge < -0.3 is 15.3 Å². The first-order valence-electron chi connectivity index (χ1n) is 6.97. The second-order valence-electron chi connectivity index (χ2n) is 4.82. The molecule has 2 aromatic heterocycles. The lowest BCUT2D eigenvalue weighted by atomic mass is 10.3. The average Bonchev–Trinajstić information content (AvgIpc) is 3.01. The number of aliphatic hydroxyl groups excluding tert-OH is 1. The van der Waals surface area contributed by atoms with Crippen LogP contribution in [0.4, 0.5) is 11.9 Å². The maximum atomic E-state index is 9.04. The van der Waals surface area contributed by atoms with Gasteiger partial charge in [0.15, 0.2) is 0 Å². The van der Waals surface area contributed by atoms with Gasteiger partial charge in [-0.1, -0.05) is 0 Å². The van der Waals surface area contributed by atoms with Crippen molar-refractivity contribution in [3.8, 4) is 5.95 Å². The van der Waals surface area contributed by atoms with Gasteiger partial charge in [-0.25, -0.2) is 4.68 Å². The van der Waals surface area contributed by atoms with Crippen LogP contribution in [0.1, 0.15) is 20.3 Å². The first-order valence-corrected chi connectivity index (χ1v) is 6.97. The second-order valence-corrected chi connectivity index (χ2v) is 4.82. The Balaban J connectivity index is 2.39. The van der Waals surface area contributed by atoms with Gasteiger partial charge in [-0.15, -0.1) is 0 Å². The Kier molecular flexibility index (Phi) is 5.04. The summed E-state index contributed by atoms with van der Waals surface area (Å²) in [5, 5.41) is 16.1. The summed E-state index contributed by atoms with van der Waals surface area (Å²) in [6.45, 7) is 4.95. The fourth-order valence-electron chi connectivity index (χ4n) is 1.91. The molecule has 2 aromatic rings. The number of nitrogens with zero attached hydrogens (tertiary/aromatic N) is 6. The van der Waals surface area contributed by atoms with Gasteiger partial charge in [0.25, 0.3) is 5.95 Å². The minimum Gasteiger partial charge on any atom is -0.396 e. The maximum Gasteiger partial charge on any atom is 0.257 e. The third kappa shape index (κ3) is 3.66. The zero-order valence-electron chi connectivity index (χ0n) is 12.6. The van der Waals surface area contributed by atoms with Gasteiger partial charge in [-0.05, 0) is 26.3 Å². The lowest BCUT2D eigenvalue weighted by Crippen LogP contribution is -2.34. The number of rotatable bonds is 7. The number of aromatic nitrogens is 5. The summed E-state index contributed by atoms with van der Waals surface area (Å²) in [7, 11) is 1.76. The first-order chi connectivity index (χ1) is 10.2. The third-order valence-corrected chi connectivity index (χ3v) is 2.98. The van der Waals surface area contributed by atoms with Gasteiger partial charge in [-0.2, -0.15) is 20.1 Å². The Bertz CT molecular complexity index is 556. The van der Waals surface area contributed by atoms with E-state index in [1.54, 1.807) is 24.1 Å². The van der Waals surface area contributed by atoms with Crippen molar-refractivity contribution in [1.29, 1.82) is 0 Å². The third-order valence-electron chi connectivity index (χ3n) is 2.98. The molecule has 0 aromatic carbocycles. The van der Waals surface area contributed by atoms with Crippen molar-refractivity contribution in [1.82, 2.24) is 24.7 Å². The summed E-state index contributed by atoms with van der Waals surface area (Å²) < 4.78 is 1.59. The monoisotopic (exact) mass is 291 g/mol. The molecule has 21 heavy (non-hydrogen) atoms. The summed E-state index contributed by atoms with van der Waals surface area (Å²) in [5.41, 5.74) is 0. The number of aliphatic hydroxyl groups is 1. The minimum absolute atomic E-state index is 0.138. The molecule has 2 heterocycles. The molecule has 0 fully saturated rings. The highest BCUT2D eigenvalue weighted by atomic mass is 16.3. The van der Waals surface area contributed by atoms with Crippen LogP contribution >= 0.6 is 0 Å². The van der Waals surface area contributed by atoms with Gasteiger partial charge in [-0.3, -0.25) is 0 Å². The van der Waals surface area contributed by atoms with Crippen molar-refractivity contribution in [2.45, 2.75) is 26.3 Å². The largest absolute Gasteiger partial charge is 0.396 e. The van der Waals surface area contributed by atoms with Crippen LogP contribution in [0.25, 0.3) is 5.95 Å². The van der Waals surface area contributed by atoms with Gasteiger partial charge in [0, 0.05) is 38.6 Å². The van der Waals surface area contributed by atoms with E-state index >= 15 is 0 Å². The van der Waals surface area contributed by atoms with Crippen LogP contribution in [0.2, 0.25) is 0 Å².